The Kier molecular flexibility index (Phi) is 3.94. The van der Waals surface area contributed by atoms with Gasteiger partial charge in [0, 0.05) is 17.8 Å². The maximum absolute atomic E-state index is 12.7. The summed E-state index contributed by atoms with van der Waals surface area (Å²) in [5.41, 5.74) is -0.804. The van der Waals surface area contributed by atoms with E-state index in [9.17, 15) is 18.0 Å². The van der Waals surface area contributed by atoms with Crippen LogP contribution < -0.4 is 4.74 Å². The molecule has 1 aliphatic rings. The minimum atomic E-state index is -4.46. The van der Waals surface area contributed by atoms with Crippen LogP contribution in [0, 0.1) is 0 Å². The predicted octanol–water partition coefficient (Wildman–Crippen LogP) is 3.00. The minimum Gasteiger partial charge on any atom is -0.471 e. The monoisotopic (exact) mass is 322 g/mol. The van der Waals surface area contributed by atoms with Crippen molar-refractivity contribution in [2.75, 3.05) is 13.1 Å². The fraction of sp³-hybridized carbons (Fsp3) is 0.250. The van der Waals surface area contributed by atoms with Crippen LogP contribution in [0.1, 0.15) is 15.9 Å². The van der Waals surface area contributed by atoms with E-state index in [2.05, 4.69) is 4.98 Å². The lowest BCUT2D eigenvalue weighted by Gasteiger charge is -2.38. The quantitative estimate of drug-likeness (QED) is 0.872. The molecule has 0 radical (unpaired) electrons. The summed E-state index contributed by atoms with van der Waals surface area (Å²) in [7, 11) is 0. The van der Waals surface area contributed by atoms with Gasteiger partial charge in [-0.25, -0.2) is 4.98 Å². The average molecular weight is 322 g/mol. The molecule has 1 saturated heterocycles. The molecule has 2 aromatic rings. The summed E-state index contributed by atoms with van der Waals surface area (Å²) < 4.78 is 43.6. The molecule has 0 N–H and O–H groups in total. The topological polar surface area (TPSA) is 42.4 Å². The van der Waals surface area contributed by atoms with Crippen LogP contribution in [-0.4, -0.2) is 35.0 Å². The van der Waals surface area contributed by atoms with Crippen molar-refractivity contribution in [3.8, 4) is 5.88 Å². The fourth-order valence-electron chi connectivity index (χ4n) is 2.28. The maximum Gasteiger partial charge on any atom is 0.416 e. The molecule has 0 aliphatic carbocycles. The molecule has 2 heterocycles. The molecule has 7 heteroatoms. The zero-order valence-corrected chi connectivity index (χ0v) is 12.0. The molecule has 0 unspecified atom stereocenters. The van der Waals surface area contributed by atoms with Crippen molar-refractivity contribution >= 4 is 5.91 Å². The lowest BCUT2D eigenvalue weighted by Crippen LogP contribution is -2.56. The van der Waals surface area contributed by atoms with Gasteiger partial charge in [-0.05, 0) is 24.3 Å². The standard InChI is InChI=1S/C16H13F3N2O2/c17-16(18,19)12-5-3-4-11(8-12)15(22)21-9-13(10-21)23-14-6-1-2-7-20-14/h1-8,13H,9-10H2. The summed E-state index contributed by atoms with van der Waals surface area (Å²) in [5.74, 6) is 0.0284. The fourth-order valence-corrected chi connectivity index (χ4v) is 2.28. The highest BCUT2D eigenvalue weighted by molar-refractivity contribution is 5.95. The third-order valence-corrected chi connectivity index (χ3v) is 3.50. The summed E-state index contributed by atoms with van der Waals surface area (Å²) in [5, 5.41) is 0. The van der Waals surface area contributed by atoms with E-state index in [1.165, 1.54) is 17.0 Å². The van der Waals surface area contributed by atoms with Crippen LogP contribution in [0.2, 0.25) is 0 Å². The van der Waals surface area contributed by atoms with Crippen LogP contribution in [0.5, 0.6) is 5.88 Å². The average Bonchev–Trinajstić information content (AvgIpc) is 2.50. The predicted molar refractivity (Wildman–Crippen MR) is 76.0 cm³/mol. The highest BCUT2D eigenvalue weighted by atomic mass is 19.4. The molecule has 23 heavy (non-hydrogen) atoms. The second kappa shape index (κ2) is 5.91. The first-order valence-electron chi connectivity index (χ1n) is 6.98. The largest absolute Gasteiger partial charge is 0.471 e. The van der Waals surface area contributed by atoms with Crippen molar-refractivity contribution in [1.29, 1.82) is 0 Å². The van der Waals surface area contributed by atoms with Gasteiger partial charge in [-0.3, -0.25) is 4.79 Å². The number of benzene rings is 1. The first-order chi connectivity index (χ1) is 10.9. The Labute approximate surface area is 130 Å². The highest BCUT2D eigenvalue weighted by Gasteiger charge is 2.35. The van der Waals surface area contributed by atoms with E-state index in [4.69, 9.17) is 4.74 Å². The molecule has 0 atom stereocenters. The molecule has 0 spiro atoms. The van der Waals surface area contributed by atoms with Gasteiger partial charge < -0.3 is 9.64 Å². The van der Waals surface area contributed by atoms with Gasteiger partial charge in [0.15, 0.2) is 0 Å². The van der Waals surface area contributed by atoms with E-state index in [-0.39, 0.29) is 11.7 Å². The van der Waals surface area contributed by atoms with Crippen molar-refractivity contribution in [2.24, 2.45) is 0 Å². The van der Waals surface area contributed by atoms with Crippen molar-refractivity contribution in [3.05, 3.63) is 59.8 Å². The molecule has 4 nitrogen and oxygen atoms in total. The second-order valence-electron chi connectivity index (χ2n) is 5.20. The normalized spacial score (nSPS) is 15.2. The number of pyridine rings is 1. The van der Waals surface area contributed by atoms with E-state index in [1.54, 1.807) is 24.4 Å². The number of ether oxygens (including phenoxy) is 1. The Morgan fingerprint density at radius 2 is 1.96 bits per heavy atom. The summed E-state index contributed by atoms with van der Waals surface area (Å²) in [6.45, 7) is 0.650. The van der Waals surface area contributed by atoms with Crippen molar-refractivity contribution in [3.63, 3.8) is 0 Å². The summed E-state index contributed by atoms with van der Waals surface area (Å²) in [6.07, 6.45) is -3.06. The number of nitrogens with zero attached hydrogens (tertiary/aromatic N) is 2. The number of carbonyl (C=O) groups excluding carboxylic acids is 1. The third-order valence-electron chi connectivity index (χ3n) is 3.50. The molecule has 1 amide bonds. The third kappa shape index (κ3) is 3.44. The summed E-state index contributed by atoms with van der Waals surface area (Å²) in [4.78, 5) is 17.7. The van der Waals surface area contributed by atoms with Crippen molar-refractivity contribution in [1.82, 2.24) is 9.88 Å². The number of rotatable bonds is 3. The van der Waals surface area contributed by atoms with Gasteiger partial charge in [-0.15, -0.1) is 0 Å². The number of amides is 1. The molecule has 1 aromatic heterocycles. The lowest BCUT2D eigenvalue weighted by molar-refractivity contribution is -0.137. The van der Waals surface area contributed by atoms with Gasteiger partial charge in [-0.1, -0.05) is 12.1 Å². The van der Waals surface area contributed by atoms with E-state index in [0.29, 0.717) is 19.0 Å². The zero-order valence-electron chi connectivity index (χ0n) is 12.0. The number of halogens is 3. The molecule has 1 fully saturated rings. The van der Waals surface area contributed by atoms with Gasteiger partial charge in [0.05, 0.1) is 18.7 Å². The Hall–Kier alpha value is -2.57. The van der Waals surface area contributed by atoms with Crippen LogP contribution in [0.25, 0.3) is 0 Å². The number of likely N-dealkylation sites (tertiary alicyclic amines) is 1. The van der Waals surface area contributed by atoms with Crippen molar-refractivity contribution in [2.45, 2.75) is 12.3 Å². The number of aromatic nitrogens is 1. The van der Waals surface area contributed by atoms with E-state index in [0.717, 1.165) is 12.1 Å². The zero-order chi connectivity index (χ0) is 16.4. The minimum absolute atomic E-state index is 0.0242. The summed E-state index contributed by atoms with van der Waals surface area (Å²) in [6, 6.07) is 9.68. The molecule has 1 aliphatic heterocycles. The Balaban J connectivity index is 1.61. The van der Waals surface area contributed by atoms with Crippen LogP contribution in [0.4, 0.5) is 13.2 Å². The van der Waals surface area contributed by atoms with Gasteiger partial charge in [-0.2, -0.15) is 13.2 Å². The molecule has 0 bridgehead atoms. The summed E-state index contributed by atoms with van der Waals surface area (Å²) >= 11 is 0. The number of alkyl halides is 3. The van der Waals surface area contributed by atoms with Crippen LogP contribution in [-0.2, 0) is 6.18 Å². The SMILES string of the molecule is O=C(c1cccc(C(F)(F)F)c1)N1CC(Oc2ccccn2)C1. The molecular formula is C16H13F3N2O2. The lowest BCUT2D eigenvalue weighted by atomic mass is 10.1. The van der Waals surface area contributed by atoms with Gasteiger partial charge in [0.1, 0.15) is 6.10 Å². The Morgan fingerprint density at radius 3 is 2.61 bits per heavy atom. The smallest absolute Gasteiger partial charge is 0.416 e. The van der Waals surface area contributed by atoms with Crippen molar-refractivity contribution < 1.29 is 22.7 Å². The number of hydrogen-bond donors (Lipinski definition) is 0. The Bertz CT molecular complexity index is 698. The maximum atomic E-state index is 12.7. The number of carbonyl (C=O) groups is 1. The molecule has 120 valence electrons. The Morgan fingerprint density at radius 1 is 1.17 bits per heavy atom. The van der Waals surface area contributed by atoms with E-state index in [1.807, 2.05) is 0 Å². The van der Waals surface area contributed by atoms with Gasteiger partial charge in [0.2, 0.25) is 5.88 Å². The second-order valence-corrected chi connectivity index (χ2v) is 5.20. The highest BCUT2D eigenvalue weighted by Crippen LogP contribution is 2.30. The molecule has 0 saturated carbocycles. The van der Waals surface area contributed by atoms with Gasteiger partial charge >= 0.3 is 6.18 Å². The first-order valence-corrected chi connectivity index (χ1v) is 6.98. The van der Waals surface area contributed by atoms with E-state index < -0.39 is 17.6 Å². The molecule has 1 aromatic carbocycles. The van der Waals surface area contributed by atoms with Gasteiger partial charge in [0.25, 0.3) is 5.91 Å². The van der Waals surface area contributed by atoms with Crippen LogP contribution >= 0.6 is 0 Å². The van der Waals surface area contributed by atoms with Crippen LogP contribution in [0.15, 0.2) is 48.7 Å². The van der Waals surface area contributed by atoms with Crippen LogP contribution in [0.3, 0.4) is 0 Å². The first kappa shape index (κ1) is 15.3. The number of hydrogen-bond acceptors (Lipinski definition) is 3. The molecule has 3 rings (SSSR count). The van der Waals surface area contributed by atoms with E-state index >= 15 is 0 Å². The molecular weight excluding hydrogens is 309 g/mol.